The van der Waals surface area contributed by atoms with Gasteiger partial charge in [0.05, 0.1) is 28.8 Å². The van der Waals surface area contributed by atoms with Crippen LogP contribution in [0.5, 0.6) is 0 Å². The average Bonchev–Trinajstić information content (AvgIpc) is 3.31. The minimum absolute atomic E-state index is 0.0340. The molecule has 0 spiro atoms. The van der Waals surface area contributed by atoms with Crippen molar-refractivity contribution >= 4 is 32.5 Å². The number of fused-ring (bicyclic) bond motifs is 1. The van der Waals surface area contributed by atoms with E-state index < -0.39 is 21.6 Å². The van der Waals surface area contributed by atoms with Crippen molar-refractivity contribution in [1.82, 2.24) is 14.5 Å². The first-order chi connectivity index (χ1) is 16.2. The first-order valence-corrected chi connectivity index (χ1v) is 12.8. The van der Waals surface area contributed by atoms with Gasteiger partial charge in [0.1, 0.15) is 17.2 Å². The molecule has 2 aromatic carbocycles. The minimum atomic E-state index is -3.12. The van der Waals surface area contributed by atoms with E-state index in [2.05, 4.69) is 15.3 Å². The summed E-state index contributed by atoms with van der Waals surface area (Å²) in [6, 6.07) is 15.0. The van der Waals surface area contributed by atoms with Gasteiger partial charge in [-0.25, -0.2) is 22.8 Å². The number of rotatable bonds is 4. The monoisotopic (exact) mass is 478 g/mol. The molecule has 1 aliphatic heterocycles. The number of nitrogens with zero attached hydrogens (tertiary/aromatic N) is 3. The Bertz CT molecular complexity index is 1530. The van der Waals surface area contributed by atoms with Crippen LogP contribution in [-0.4, -0.2) is 40.4 Å². The lowest BCUT2D eigenvalue weighted by molar-refractivity contribution is 0.102. The van der Waals surface area contributed by atoms with Crippen LogP contribution in [0.25, 0.3) is 22.3 Å². The zero-order valence-electron chi connectivity index (χ0n) is 18.7. The largest absolute Gasteiger partial charge is 0.324 e. The molecule has 1 saturated heterocycles. The molecule has 3 heterocycles. The molecular formula is C25H23FN4O3S. The fourth-order valence-corrected chi connectivity index (χ4v) is 6.14. The van der Waals surface area contributed by atoms with Gasteiger partial charge in [-0.3, -0.25) is 4.79 Å². The fourth-order valence-electron chi connectivity index (χ4n) is 4.44. The third-order valence-corrected chi connectivity index (χ3v) is 7.82. The van der Waals surface area contributed by atoms with Crippen LogP contribution in [0.4, 0.5) is 10.1 Å². The number of hydrogen-bond acceptors (Lipinski definition) is 5. The van der Waals surface area contributed by atoms with Crippen LogP contribution in [0.1, 0.15) is 34.3 Å². The molecule has 0 radical (unpaired) electrons. The van der Waals surface area contributed by atoms with Crippen LogP contribution in [0.15, 0.2) is 54.6 Å². The highest BCUT2D eigenvalue weighted by Crippen LogP contribution is 2.32. The van der Waals surface area contributed by atoms with E-state index >= 15 is 0 Å². The molecule has 1 amide bonds. The molecule has 4 aromatic rings. The van der Waals surface area contributed by atoms with Crippen molar-refractivity contribution in [1.29, 1.82) is 0 Å². The summed E-state index contributed by atoms with van der Waals surface area (Å²) in [6.07, 6.45) is 0.488. The van der Waals surface area contributed by atoms with Crippen molar-refractivity contribution in [3.05, 3.63) is 77.5 Å². The molecule has 9 heteroatoms. The standard InChI is InChI=1S/C25H23FN4O3S/c1-15-6-8-17(9-7-15)21-13-22-23(27-16(2)30(22)20-10-11-34(32,33)14-20)24(29-21)25(31)28-19-5-3-4-18(26)12-19/h3-9,12-13,20H,10-11,14H2,1-2H3,(H,28,31). The van der Waals surface area contributed by atoms with Crippen LogP contribution in [0.3, 0.4) is 0 Å². The van der Waals surface area contributed by atoms with Gasteiger partial charge >= 0.3 is 0 Å². The second-order valence-corrected chi connectivity index (χ2v) is 10.9. The lowest BCUT2D eigenvalue weighted by Gasteiger charge is -2.15. The number of hydrogen-bond donors (Lipinski definition) is 1. The number of aromatic nitrogens is 3. The maximum absolute atomic E-state index is 13.7. The molecule has 7 nitrogen and oxygen atoms in total. The van der Waals surface area contributed by atoms with Crippen LogP contribution in [-0.2, 0) is 9.84 Å². The SMILES string of the molecule is Cc1ccc(-c2cc3c(nc(C)n3C3CCS(=O)(=O)C3)c(C(=O)Nc3cccc(F)c3)n2)cc1. The first kappa shape index (κ1) is 22.2. The molecule has 0 bridgehead atoms. The summed E-state index contributed by atoms with van der Waals surface area (Å²) < 4.78 is 39.9. The lowest BCUT2D eigenvalue weighted by Crippen LogP contribution is -2.16. The normalized spacial score (nSPS) is 17.2. The summed E-state index contributed by atoms with van der Waals surface area (Å²) in [5.41, 5.74) is 3.90. The third kappa shape index (κ3) is 4.19. The quantitative estimate of drug-likeness (QED) is 0.467. The Hall–Kier alpha value is -3.59. The number of anilines is 1. The van der Waals surface area contributed by atoms with Gasteiger partial charge < -0.3 is 9.88 Å². The molecule has 1 N–H and O–H groups in total. The summed E-state index contributed by atoms with van der Waals surface area (Å²) in [7, 11) is -3.12. The van der Waals surface area contributed by atoms with Gasteiger partial charge in [-0.2, -0.15) is 0 Å². The minimum Gasteiger partial charge on any atom is -0.324 e. The van der Waals surface area contributed by atoms with Crippen LogP contribution >= 0.6 is 0 Å². The van der Waals surface area contributed by atoms with E-state index in [0.717, 1.165) is 11.1 Å². The van der Waals surface area contributed by atoms with Gasteiger partial charge in [0, 0.05) is 11.3 Å². The Morgan fingerprint density at radius 2 is 1.85 bits per heavy atom. The summed E-state index contributed by atoms with van der Waals surface area (Å²) in [5.74, 6) is -0.216. The third-order valence-electron chi connectivity index (χ3n) is 6.07. The highest BCUT2D eigenvalue weighted by atomic mass is 32.2. The second-order valence-electron chi connectivity index (χ2n) is 8.64. The molecule has 2 aromatic heterocycles. The number of halogens is 1. The Balaban J connectivity index is 1.68. The van der Waals surface area contributed by atoms with E-state index in [1.165, 1.54) is 18.2 Å². The number of pyridine rings is 1. The number of amides is 1. The molecular weight excluding hydrogens is 455 g/mol. The van der Waals surface area contributed by atoms with E-state index in [1.807, 2.05) is 41.8 Å². The highest BCUT2D eigenvalue weighted by Gasteiger charge is 2.32. The Morgan fingerprint density at radius 3 is 2.53 bits per heavy atom. The van der Waals surface area contributed by atoms with E-state index in [1.54, 1.807) is 13.0 Å². The molecule has 0 saturated carbocycles. The highest BCUT2D eigenvalue weighted by molar-refractivity contribution is 7.91. The second kappa shape index (κ2) is 8.32. The van der Waals surface area contributed by atoms with E-state index in [9.17, 15) is 17.6 Å². The molecule has 174 valence electrons. The van der Waals surface area contributed by atoms with E-state index in [-0.39, 0.29) is 23.2 Å². The van der Waals surface area contributed by atoms with Crippen LogP contribution in [0.2, 0.25) is 0 Å². The van der Waals surface area contributed by atoms with Crippen molar-refractivity contribution in [3.63, 3.8) is 0 Å². The fraction of sp³-hybridized carbons (Fsp3) is 0.240. The summed E-state index contributed by atoms with van der Waals surface area (Å²) in [5, 5.41) is 2.70. The number of aryl methyl sites for hydroxylation is 2. The van der Waals surface area contributed by atoms with Gasteiger partial charge in [-0.1, -0.05) is 35.9 Å². The molecule has 34 heavy (non-hydrogen) atoms. The Morgan fingerprint density at radius 1 is 1.09 bits per heavy atom. The average molecular weight is 479 g/mol. The number of imidazole rings is 1. The molecule has 1 unspecified atom stereocenters. The first-order valence-electron chi connectivity index (χ1n) is 10.9. The predicted molar refractivity (Wildman–Crippen MR) is 129 cm³/mol. The van der Waals surface area contributed by atoms with Gasteiger partial charge in [0.25, 0.3) is 5.91 Å². The number of carbonyl (C=O) groups excluding carboxylic acids is 1. The number of carbonyl (C=O) groups is 1. The van der Waals surface area contributed by atoms with Crippen molar-refractivity contribution in [3.8, 4) is 11.3 Å². The number of benzene rings is 2. The van der Waals surface area contributed by atoms with E-state index in [4.69, 9.17) is 0 Å². The molecule has 1 atom stereocenters. The number of sulfone groups is 1. The topological polar surface area (TPSA) is 94.0 Å². The maximum Gasteiger partial charge on any atom is 0.276 e. The summed E-state index contributed by atoms with van der Waals surface area (Å²) in [4.78, 5) is 22.5. The van der Waals surface area contributed by atoms with Gasteiger partial charge in [-0.15, -0.1) is 0 Å². The molecule has 5 rings (SSSR count). The number of nitrogens with one attached hydrogen (secondary N) is 1. The zero-order valence-corrected chi connectivity index (χ0v) is 19.6. The summed E-state index contributed by atoms with van der Waals surface area (Å²) >= 11 is 0. The lowest BCUT2D eigenvalue weighted by atomic mass is 10.1. The van der Waals surface area contributed by atoms with Gasteiger partial charge in [-0.05, 0) is 44.5 Å². The van der Waals surface area contributed by atoms with Gasteiger partial charge in [0.15, 0.2) is 15.5 Å². The molecule has 1 aliphatic rings. The molecule has 0 aliphatic carbocycles. The zero-order chi connectivity index (χ0) is 24.0. The van der Waals surface area contributed by atoms with Crippen molar-refractivity contribution in [2.75, 3.05) is 16.8 Å². The van der Waals surface area contributed by atoms with Gasteiger partial charge in [0.2, 0.25) is 0 Å². The van der Waals surface area contributed by atoms with Crippen LogP contribution < -0.4 is 5.32 Å². The smallest absolute Gasteiger partial charge is 0.276 e. The van der Waals surface area contributed by atoms with Crippen molar-refractivity contribution < 1.29 is 17.6 Å². The Labute approximate surface area is 196 Å². The van der Waals surface area contributed by atoms with E-state index in [0.29, 0.717) is 34.7 Å². The maximum atomic E-state index is 13.7. The Kier molecular flexibility index (Phi) is 5.44. The molecule has 1 fully saturated rings. The van der Waals surface area contributed by atoms with Crippen molar-refractivity contribution in [2.24, 2.45) is 0 Å². The predicted octanol–water partition coefficient (Wildman–Crippen LogP) is 4.47. The summed E-state index contributed by atoms with van der Waals surface area (Å²) in [6.45, 7) is 3.78. The van der Waals surface area contributed by atoms with Crippen molar-refractivity contribution in [2.45, 2.75) is 26.3 Å². The van der Waals surface area contributed by atoms with Crippen LogP contribution in [0, 0.1) is 19.7 Å².